The van der Waals surface area contributed by atoms with E-state index < -0.39 is 0 Å². The van der Waals surface area contributed by atoms with Crippen LogP contribution in [0.1, 0.15) is 57.6 Å². The first-order chi connectivity index (χ1) is 10.1. The lowest BCUT2D eigenvalue weighted by molar-refractivity contribution is 0.135. The van der Waals surface area contributed by atoms with Crippen LogP contribution in [0, 0.1) is 0 Å². The fraction of sp³-hybridized carbons (Fsp3) is 0.667. The van der Waals surface area contributed by atoms with Crippen molar-refractivity contribution in [3.05, 3.63) is 34.9 Å². The maximum atomic E-state index is 5.98. The fourth-order valence-corrected chi connectivity index (χ4v) is 3.45. The zero-order valence-electron chi connectivity index (χ0n) is 13.6. The van der Waals surface area contributed by atoms with E-state index in [1.807, 2.05) is 12.1 Å². The summed E-state index contributed by atoms with van der Waals surface area (Å²) in [5.74, 6) is 0. The van der Waals surface area contributed by atoms with Gasteiger partial charge >= 0.3 is 0 Å². The molecule has 1 atom stereocenters. The number of hydrogen-bond donors (Lipinski definition) is 1. The minimum atomic E-state index is 0.451. The van der Waals surface area contributed by atoms with E-state index in [1.54, 1.807) is 0 Å². The molecule has 0 radical (unpaired) electrons. The molecule has 0 saturated heterocycles. The third-order valence-electron chi connectivity index (χ3n) is 4.92. The van der Waals surface area contributed by atoms with E-state index in [4.69, 9.17) is 11.6 Å². The molecule has 1 aliphatic carbocycles. The molecular weight excluding hydrogens is 280 g/mol. The van der Waals surface area contributed by atoms with Crippen molar-refractivity contribution in [2.75, 3.05) is 13.6 Å². The predicted octanol–water partition coefficient (Wildman–Crippen LogP) is 4.64. The molecule has 0 aliphatic heterocycles. The Bertz CT molecular complexity index is 410. The minimum absolute atomic E-state index is 0.451. The van der Waals surface area contributed by atoms with Gasteiger partial charge in [0.15, 0.2) is 0 Å². The second-order valence-electron chi connectivity index (χ2n) is 6.35. The molecule has 1 saturated carbocycles. The topological polar surface area (TPSA) is 15.3 Å². The van der Waals surface area contributed by atoms with Gasteiger partial charge < -0.3 is 5.32 Å². The molecule has 1 aliphatic rings. The smallest absolute Gasteiger partial charge is 0.0406 e. The average molecular weight is 309 g/mol. The molecule has 0 aromatic heterocycles. The molecule has 1 N–H and O–H groups in total. The van der Waals surface area contributed by atoms with Gasteiger partial charge in [-0.15, -0.1) is 0 Å². The van der Waals surface area contributed by atoms with E-state index in [0.29, 0.717) is 12.1 Å². The molecule has 1 aromatic rings. The van der Waals surface area contributed by atoms with Gasteiger partial charge in [0.05, 0.1) is 0 Å². The van der Waals surface area contributed by atoms with Crippen LogP contribution in [0.3, 0.4) is 0 Å². The van der Waals surface area contributed by atoms with Crippen molar-refractivity contribution in [2.45, 2.75) is 64.1 Å². The Morgan fingerprint density at radius 3 is 2.38 bits per heavy atom. The zero-order valence-corrected chi connectivity index (χ0v) is 14.4. The highest BCUT2D eigenvalue weighted by atomic mass is 35.5. The number of hydrogen-bond acceptors (Lipinski definition) is 2. The maximum absolute atomic E-state index is 5.98. The largest absolute Gasteiger partial charge is 0.314 e. The van der Waals surface area contributed by atoms with E-state index in [2.05, 4.69) is 43.2 Å². The fourth-order valence-electron chi connectivity index (χ4n) is 3.33. The van der Waals surface area contributed by atoms with E-state index in [9.17, 15) is 0 Å². The molecule has 0 amide bonds. The Labute approximate surface area is 134 Å². The van der Waals surface area contributed by atoms with Gasteiger partial charge in [-0.1, -0.05) is 30.7 Å². The lowest BCUT2D eigenvalue weighted by Crippen LogP contribution is -2.41. The van der Waals surface area contributed by atoms with Crippen LogP contribution in [0.5, 0.6) is 0 Å². The van der Waals surface area contributed by atoms with Crippen molar-refractivity contribution < 1.29 is 0 Å². The molecule has 0 bridgehead atoms. The Hall–Kier alpha value is -0.570. The lowest BCUT2D eigenvalue weighted by Gasteiger charge is -2.38. The summed E-state index contributed by atoms with van der Waals surface area (Å²) >= 11 is 5.98. The number of halogens is 1. The molecular formula is C18H29ClN2. The van der Waals surface area contributed by atoms with Gasteiger partial charge in [-0.3, -0.25) is 4.90 Å². The van der Waals surface area contributed by atoms with Crippen molar-refractivity contribution in [1.29, 1.82) is 0 Å². The average Bonchev–Trinajstić information content (AvgIpc) is 2.53. The minimum Gasteiger partial charge on any atom is -0.314 e. The highest BCUT2D eigenvalue weighted by Crippen LogP contribution is 2.29. The first-order valence-corrected chi connectivity index (χ1v) is 8.70. The number of benzene rings is 1. The maximum Gasteiger partial charge on any atom is 0.0406 e. The van der Waals surface area contributed by atoms with E-state index >= 15 is 0 Å². The quantitative estimate of drug-likeness (QED) is 0.823. The standard InChI is InChI=1S/C18H29ClN2/c1-4-13-20-17-9-11-18(12-10-17)21(3)14(2)15-5-7-16(19)8-6-15/h5-8,14,17-18,20H,4,9-13H2,1-3H3. The molecule has 1 aromatic carbocycles. The summed E-state index contributed by atoms with van der Waals surface area (Å²) < 4.78 is 0. The van der Waals surface area contributed by atoms with Crippen LogP contribution in [-0.2, 0) is 0 Å². The van der Waals surface area contributed by atoms with Gasteiger partial charge in [0.1, 0.15) is 0 Å². The lowest BCUT2D eigenvalue weighted by atomic mass is 9.89. The van der Waals surface area contributed by atoms with Crippen molar-refractivity contribution in [2.24, 2.45) is 0 Å². The number of nitrogens with one attached hydrogen (secondary N) is 1. The SMILES string of the molecule is CCCNC1CCC(N(C)C(C)c2ccc(Cl)cc2)CC1. The highest BCUT2D eigenvalue weighted by molar-refractivity contribution is 6.30. The van der Waals surface area contributed by atoms with Crippen LogP contribution in [0.4, 0.5) is 0 Å². The van der Waals surface area contributed by atoms with Gasteiger partial charge in [-0.05, 0) is 70.3 Å². The summed E-state index contributed by atoms with van der Waals surface area (Å²) in [6.07, 6.45) is 6.45. The monoisotopic (exact) mass is 308 g/mol. The molecule has 0 heterocycles. The summed E-state index contributed by atoms with van der Waals surface area (Å²) in [5, 5.41) is 4.48. The van der Waals surface area contributed by atoms with Crippen molar-refractivity contribution in [1.82, 2.24) is 10.2 Å². The summed E-state index contributed by atoms with van der Waals surface area (Å²) in [7, 11) is 2.27. The summed E-state index contributed by atoms with van der Waals surface area (Å²) in [6.45, 7) is 5.69. The van der Waals surface area contributed by atoms with Crippen LogP contribution < -0.4 is 5.32 Å². The first kappa shape index (κ1) is 16.8. The molecule has 2 nitrogen and oxygen atoms in total. The third-order valence-corrected chi connectivity index (χ3v) is 5.17. The molecule has 21 heavy (non-hydrogen) atoms. The molecule has 1 unspecified atom stereocenters. The van der Waals surface area contributed by atoms with Crippen LogP contribution in [0.15, 0.2) is 24.3 Å². The predicted molar refractivity (Wildman–Crippen MR) is 92.0 cm³/mol. The molecule has 0 spiro atoms. The summed E-state index contributed by atoms with van der Waals surface area (Å²) in [6, 6.07) is 10.2. The van der Waals surface area contributed by atoms with Crippen LogP contribution >= 0.6 is 11.6 Å². The van der Waals surface area contributed by atoms with E-state index in [0.717, 1.165) is 17.6 Å². The highest BCUT2D eigenvalue weighted by Gasteiger charge is 2.26. The van der Waals surface area contributed by atoms with E-state index in [-0.39, 0.29) is 0 Å². The molecule has 2 rings (SSSR count). The van der Waals surface area contributed by atoms with Crippen LogP contribution in [0.2, 0.25) is 5.02 Å². The second kappa shape index (κ2) is 8.17. The van der Waals surface area contributed by atoms with Crippen molar-refractivity contribution in [3.63, 3.8) is 0 Å². The normalized spacial score (nSPS) is 24.2. The Kier molecular flexibility index (Phi) is 6.53. The first-order valence-electron chi connectivity index (χ1n) is 8.32. The zero-order chi connectivity index (χ0) is 15.2. The van der Waals surface area contributed by atoms with E-state index in [1.165, 1.54) is 37.7 Å². The Morgan fingerprint density at radius 1 is 1.19 bits per heavy atom. The van der Waals surface area contributed by atoms with Gasteiger partial charge in [0.25, 0.3) is 0 Å². The Balaban J connectivity index is 1.86. The second-order valence-corrected chi connectivity index (χ2v) is 6.79. The van der Waals surface area contributed by atoms with Gasteiger partial charge in [0, 0.05) is 23.1 Å². The number of nitrogens with zero attached hydrogens (tertiary/aromatic N) is 1. The summed E-state index contributed by atoms with van der Waals surface area (Å²) in [4.78, 5) is 2.54. The Morgan fingerprint density at radius 2 is 1.81 bits per heavy atom. The molecule has 1 fully saturated rings. The van der Waals surface area contributed by atoms with Crippen LogP contribution in [0.25, 0.3) is 0 Å². The third kappa shape index (κ3) is 4.70. The van der Waals surface area contributed by atoms with Crippen LogP contribution in [-0.4, -0.2) is 30.6 Å². The van der Waals surface area contributed by atoms with Gasteiger partial charge in [-0.25, -0.2) is 0 Å². The van der Waals surface area contributed by atoms with Gasteiger partial charge in [-0.2, -0.15) is 0 Å². The van der Waals surface area contributed by atoms with Gasteiger partial charge in [0.2, 0.25) is 0 Å². The number of rotatable bonds is 6. The summed E-state index contributed by atoms with van der Waals surface area (Å²) in [5.41, 5.74) is 1.35. The molecule has 118 valence electrons. The molecule has 3 heteroatoms. The van der Waals surface area contributed by atoms with Crippen molar-refractivity contribution >= 4 is 11.6 Å². The van der Waals surface area contributed by atoms with Crippen molar-refractivity contribution in [3.8, 4) is 0 Å².